The number of nitrogens with two attached hydrogens (primary N) is 1. The van der Waals surface area contributed by atoms with E-state index in [1.165, 1.54) is 0 Å². The predicted octanol–water partition coefficient (Wildman–Crippen LogP) is 2.91. The number of aromatic nitrogens is 2. The van der Waals surface area contributed by atoms with E-state index >= 15 is 0 Å². The van der Waals surface area contributed by atoms with E-state index in [0.29, 0.717) is 11.4 Å². The van der Waals surface area contributed by atoms with Gasteiger partial charge in [-0.2, -0.15) is 0 Å². The average molecular weight is 279 g/mol. The van der Waals surface area contributed by atoms with Crippen molar-refractivity contribution in [1.82, 2.24) is 9.97 Å². The lowest BCUT2D eigenvalue weighted by Crippen LogP contribution is -2.07. The highest BCUT2D eigenvalue weighted by molar-refractivity contribution is 5.83. The SMILES string of the molecule is Cc1cnc(N)c(C(O)c2cc(C)nc3ccccc23)c1. The standard InChI is InChI=1S/C17H17N3O/c1-10-7-14(17(18)19-9-10)16(21)13-8-11(2)20-15-6-4-3-5-12(13)15/h3-9,16,21H,1-2H3,(H2,18,19). The fourth-order valence-electron chi connectivity index (χ4n) is 2.56. The van der Waals surface area contributed by atoms with E-state index < -0.39 is 6.10 Å². The number of rotatable bonds is 2. The Morgan fingerprint density at radius 1 is 1.10 bits per heavy atom. The van der Waals surface area contributed by atoms with E-state index in [9.17, 15) is 5.11 Å². The monoisotopic (exact) mass is 279 g/mol. The number of anilines is 1. The number of aryl methyl sites for hydroxylation is 2. The normalized spacial score (nSPS) is 12.5. The average Bonchev–Trinajstić information content (AvgIpc) is 2.48. The van der Waals surface area contributed by atoms with Crippen LogP contribution >= 0.6 is 0 Å². The number of para-hydroxylation sites is 1. The van der Waals surface area contributed by atoms with Gasteiger partial charge in [0, 0.05) is 22.8 Å². The maximum atomic E-state index is 10.8. The molecular formula is C17H17N3O. The van der Waals surface area contributed by atoms with Crippen LogP contribution < -0.4 is 5.73 Å². The second-order valence-corrected chi connectivity index (χ2v) is 5.26. The van der Waals surface area contributed by atoms with E-state index in [1.807, 2.05) is 50.2 Å². The van der Waals surface area contributed by atoms with Gasteiger partial charge in [-0.05, 0) is 43.2 Å². The topological polar surface area (TPSA) is 72.0 Å². The number of aliphatic hydroxyl groups excluding tert-OH is 1. The van der Waals surface area contributed by atoms with Crippen LogP contribution in [0.3, 0.4) is 0 Å². The van der Waals surface area contributed by atoms with Gasteiger partial charge in [0.05, 0.1) is 5.52 Å². The van der Waals surface area contributed by atoms with Gasteiger partial charge in [-0.3, -0.25) is 4.98 Å². The zero-order valence-corrected chi connectivity index (χ0v) is 12.0. The van der Waals surface area contributed by atoms with Crippen LogP contribution in [0.5, 0.6) is 0 Å². The molecule has 0 saturated carbocycles. The quantitative estimate of drug-likeness (QED) is 0.756. The summed E-state index contributed by atoms with van der Waals surface area (Å²) in [5.41, 5.74) is 10.1. The summed E-state index contributed by atoms with van der Waals surface area (Å²) < 4.78 is 0. The predicted molar refractivity (Wildman–Crippen MR) is 83.9 cm³/mol. The number of hydrogen-bond donors (Lipinski definition) is 2. The first-order valence-corrected chi connectivity index (χ1v) is 6.82. The number of nitrogen functional groups attached to an aromatic ring is 1. The number of pyridine rings is 2. The summed E-state index contributed by atoms with van der Waals surface area (Å²) in [5.74, 6) is 0.353. The Morgan fingerprint density at radius 3 is 2.67 bits per heavy atom. The van der Waals surface area contributed by atoms with E-state index in [2.05, 4.69) is 9.97 Å². The van der Waals surface area contributed by atoms with Gasteiger partial charge in [0.15, 0.2) is 0 Å². The van der Waals surface area contributed by atoms with Gasteiger partial charge in [0.1, 0.15) is 11.9 Å². The maximum absolute atomic E-state index is 10.8. The lowest BCUT2D eigenvalue weighted by molar-refractivity contribution is 0.222. The molecule has 2 heterocycles. The molecule has 0 saturated heterocycles. The van der Waals surface area contributed by atoms with Crippen LogP contribution in [0.25, 0.3) is 10.9 Å². The molecule has 0 spiro atoms. The third-order valence-corrected chi connectivity index (χ3v) is 3.55. The highest BCUT2D eigenvalue weighted by atomic mass is 16.3. The lowest BCUT2D eigenvalue weighted by atomic mass is 9.97. The fraction of sp³-hybridized carbons (Fsp3) is 0.176. The Hall–Kier alpha value is -2.46. The third-order valence-electron chi connectivity index (χ3n) is 3.55. The fourth-order valence-corrected chi connectivity index (χ4v) is 2.56. The first-order valence-electron chi connectivity index (χ1n) is 6.82. The molecule has 0 radical (unpaired) electrons. The summed E-state index contributed by atoms with van der Waals surface area (Å²) >= 11 is 0. The molecule has 0 bridgehead atoms. The van der Waals surface area contributed by atoms with Crippen LogP contribution in [0.1, 0.15) is 28.5 Å². The van der Waals surface area contributed by atoms with Crippen molar-refractivity contribution in [1.29, 1.82) is 0 Å². The van der Waals surface area contributed by atoms with E-state index in [4.69, 9.17) is 5.73 Å². The highest BCUT2D eigenvalue weighted by Gasteiger charge is 2.18. The highest BCUT2D eigenvalue weighted by Crippen LogP contribution is 2.31. The van der Waals surface area contributed by atoms with Crippen molar-refractivity contribution in [2.45, 2.75) is 20.0 Å². The van der Waals surface area contributed by atoms with Crippen molar-refractivity contribution in [3.05, 3.63) is 65.0 Å². The zero-order valence-electron chi connectivity index (χ0n) is 12.0. The zero-order chi connectivity index (χ0) is 15.0. The van der Waals surface area contributed by atoms with Crippen LogP contribution in [0.15, 0.2) is 42.6 Å². The Kier molecular flexibility index (Phi) is 3.31. The molecule has 3 aromatic rings. The second kappa shape index (κ2) is 5.14. The number of aliphatic hydroxyl groups is 1. The van der Waals surface area contributed by atoms with Gasteiger partial charge in [0.25, 0.3) is 0 Å². The molecule has 21 heavy (non-hydrogen) atoms. The maximum Gasteiger partial charge on any atom is 0.129 e. The van der Waals surface area contributed by atoms with Crippen molar-refractivity contribution in [3.8, 4) is 0 Å². The summed E-state index contributed by atoms with van der Waals surface area (Å²) in [6.07, 6.45) is 0.880. The third kappa shape index (κ3) is 2.45. The molecule has 0 fully saturated rings. The Labute approximate surface area is 123 Å². The summed E-state index contributed by atoms with van der Waals surface area (Å²) in [6, 6.07) is 11.5. The molecule has 0 aliphatic rings. The van der Waals surface area contributed by atoms with Crippen molar-refractivity contribution >= 4 is 16.7 Å². The van der Waals surface area contributed by atoms with Crippen LogP contribution in [0.4, 0.5) is 5.82 Å². The van der Waals surface area contributed by atoms with Crippen molar-refractivity contribution in [2.75, 3.05) is 5.73 Å². The summed E-state index contributed by atoms with van der Waals surface area (Å²) in [7, 11) is 0. The molecule has 1 aromatic carbocycles. The molecule has 1 atom stereocenters. The molecule has 1 unspecified atom stereocenters. The Bertz CT molecular complexity index is 814. The van der Waals surface area contributed by atoms with Crippen molar-refractivity contribution < 1.29 is 5.11 Å². The molecule has 4 heteroatoms. The first-order chi connectivity index (χ1) is 10.1. The number of hydrogen-bond acceptors (Lipinski definition) is 4. The van der Waals surface area contributed by atoms with Crippen molar-refractivity contribution in [2.24, 2.45) is 0 Å². The molecule has 0 aliphatic heterocycles. The minimum atomic E-state index is -0.816. The molecule has 4 nitrogen and oxygen atoms in total. The Balaban J connectivity index is 2.22. The Morgan fingerprint density at radius 2 is 1.86 bits per heavy atom. The smallest absolute Gasteiger partial charge is 0.129 e. The van der Waals surface area contributed by atoms with Crippen LogP contribution in [-0.4, -0.2) is 15.1 Å². The van der Waals surface area contributed by atoms with Gasteiger partial charge in [-0.1, -0.05) is 18.2 Å². The minimum absolute atomic E-state index is 0.353. The summed E-state index contributed by atoms with van der Waals surface area (Å²) in [5, 5.41) is 11.7. The summed E-state index contributed by atoms with van der Waals surface area (Å²) in [4.78, 5) is 8.62. The molecule has 0 amide bonds. The lowest BCUT2D eigenvalue weighted by Gasteiger charge is -2.16. The van der Waals surface area contributed by atoms with Gasteiger partial charge in [0.2, 0.25) is 0 Å². The summed E-state index contributed by atoms with van der Waals surface area (Å²) in [6.45, 7) is 3.85. The number of benzene rings is 1. The second-order valence-electron chi connectivity index (χ2n) is 5.26. The minimum Gasteiger partial charge on any atom is -0.383 e. The van der Waals surface area contributed by atoms with Crippen LogP contribution in [0.2, 0.25) is 0 Å². The van der Waals surface area contributed by atoms with Gasteiger partial charge in [-0.15, -0.1) is 0 Å². The van der Waals surface area contributed by atoms with Gasteiger partial charge in [-0.25, -0.2) is 4.98 Å². The molecule has 0 aliphatic carbocycles. The molecule has 3 N–H and O–H groups in total. The number of nitrogens with zero attached hydrogens (tertiary/aromatic N) is 2. The van der Waals surface area contributed by atoms with E-state index in [1.54, 1.807) is 6.20 Å². The number of fused-ring (bicyclic) bond motifs is 1. The molecule has 3 rings (SSSR count). The molecule has 106 valence electrons. The largest absolute Gasteiger partial charge is 0.383 e. The van der Waals surface area contributed by atoms with Crippen LogP contribution in [-0.2, 0) is 0 Å². The van der Waals surface area contributed by atoms with Gasteiger partial charge < -0.3 is 10.8 Å². The van der Waals surface area contributed by atoms with Gasteiger partial charge >= 0.3 is 0 Å². The molecular weight excluding hydrogens is 262 g/mol. The van der Waals surface area contributed by atoms with E-state index in [-0.39, 0.29) is 0 Å². The van der Waals surface area contributed by atoms with Crippen LogP contribution in [0, 0.1) is 13.8 Å². The van der Waals surface area contributed by atoms with E-state index in [0.717, 1.165) is 27.7 Å². The van der Waals surface area contributed by atoms with Crippen molar-refractivity contribution in [3.63, 3.8) is 0 Å². The molecule has 2 aromatic heterocycles. The first kappa shape index (κ1) is 13.5.